The Labute approximate surface area is 169 Å². The van der Waals surface area contributed by atoms with Crippen LogP contribution in [0.15, 0.2) is 53.1 Å². The van der Waals surface area contributed by atoms with E-state index in [0.29, 0.717) is 0 Å². The quantitative estimate of drug-likeness (QED) is 0.212. The van der Waals surface area contributed by atoms with Gasteiger partial charge in [-0.05, 0) is 49.2 Å². The lowest BCUT2D eigenvalue weighted by Crippen LogP contribution is -1.93. The largest absolute Gasteiger partial charge is 0.362 e. The van der Waals surface area contributed by atoms with Crippen LogP contribution in [-0.4, -0.2) is 5.78 Å². The highest BCUT2D eigenvalue weighted by Crippen LogP contribution is 2.20. The number of carbonyl (C=O) groups is 1. The molecule has 0 atom stereocenters. The van der Waals surface area contributed by atoms with Crippen LogP contribution in [0.25, 0.3) is 0 Å². The Bertz CT molecular complexity index is 690. The molecule has 0 unspecified atom stereocenters. The predicted octanol–water partition coefficient (Wildman–Crippen LogP) is 7.61. The van der Waals surface area contributed by atoms with Gasteiger partial charge in [-0.3, -0.25) is 4.79 Å². The third-order valence-corrected chi connectivity index (χ3v) is 5.95. The number of unbranched alkanes of at least 4 members (excludes halogenated alkanes) is 6. The molecule has 0 aliphatic heterocycles. The first-order valence-corrected chi connectivity index (χ1v) is 11.1. The number of hydrogen-bond acceptors (Lipinski definition) is 3. The van der Waals surface area contributed by atoms with Gasteiger partial charge in [-0.2, -0.15) is 0 Å². The van der Waals surface area contributed by atoms with Crippen molar-refractivity contribution < 1.29 is 4.79 Å². The number of allylic oxidation sites excluding steroid dienone is 1. The third-order valence-electron chi connectivity index (χ3n) is 4.26. The highest BCUT2D eigenvalue weighted by Gasteiger charge is 2.06. The summed E-state index contributed by atoms with van der Waals surface area (Å²) in [6.45, 7) is 2.25. The van der Waals surface area contributed by atoms with Crippen LogP contribution < -0.4 is 5.32 Å². The lowest BCUT2D eigenvalue weighted by Gasteiger charge is -2.00. The molecule has 0 aliphatic carbocycles. The number of aryl methyl sites for hydroxylation is 1. The Hall–Kier alpha value is -1.39. The zero-order valence-corrected chi connectivity index (χ0v) is 17.9. The second-order valence-electron chi connectivity index (χ2n) is 6.49. The van der Waals surface area contributed by atoms with E-state index in [4.69, 9.17) is 0 Å². The molecule has 1 heterocycles. The summed E-state index contributed by atoms with van der Waals surface area (Å²) in [5, 5.41) is 3.12. The number of halogens is 1. The lowest BCUT2D eigenvalue weighted by atomic mass is 10.1. The average Bonchev–Trinajstić information content (AvgIpc) is 3.11. The van der Waals surface area contributed by atoms with E-state index < -0.39 is 0 Å². The molecule has 2 aromatic rings. The standard InChI is InChI=1S/C22H28BrNOS/c1-2-3-4-5-6-7-8-9-20-14-15-22(26-20)21(25)16-17-24-19-12-10-18(23)11-13-19/h10-17,24H,2-9H2,1H3/b17-16-. The molecule has 0 bridgehead atoms. The summed E-state index contributed by atoms with van der Waals surface area (Å²) in [6, 6.07) is 11.9. The number of thiophene rings is 1. The van der Waals surface area contributed by atoms with E-state index in [1.807, 2.05) is 30.3 Å². The van der Waals surface area contributed by atoms with Gasteiger partial charge in [-0.25, -0.2) is 0 Å². The Morgan fingerprint density at radius 1 is 1.00 bits per heavy atom. The molecule has 2 rings (SSSR count). The minimum atomic E-state index is 0.0606. The SMILES string of the molecule is CCCCCCCCCc1ccc(C(=O)/C=C\Nc2ccc(Br)cc2)s1. The summed E-state index contributed by atoms with van der Waals surface area (Å²) < 4.78 is 1.04. The number of benzene rings is 1. The summed E-state index contributed by atoms with van der Waals surface area (Å²) in [5.74, 6) is 0.0606. The monoisotopic (exact) mass is 433 g/mol. The van der Waals surface area contributed by atoms with Crippen molar-refractivity contribution in [3.8, 4) is 0 Å². The van der Waals surface area contributed by atoms with E-state index in [-0.39, 0.29) is 5.78 Å². The highest BCUT2D eigenvalue weighted by molar-refractivity contribution is 9.10. The van der Waals surface area contributed by atoms with Gasteiger partial charge in [0.1, 0.15) is 0 Å². The van der Waals surface area contributed by atoms with Crippen molar-refractivity contribution in [2.45, 2.75) is 58.3 Å². The van der Waals surface area contributed by atoms with Gasteiger partial charge in [0, 0.05) is 27.3 Å². The van der Waals surface area contributed by atoms with E-state index >= 15 is 0 Å². The van der Waals surface area contributed by atoms with Crippen molar-refractivity contribution in [1.82, 2.24) is 0 Å². The first-order valence-electron chi connectivity index (χ1n) is 9.50. The average molecular weight is 434 g/mol. The zero-order valence-electron chi connectivity index (χ0n) is 15.5. The second-order valence-corrected chi connectivity index (χ2v) is 8.57. The summed E-state index contributed by atoms with van der Waals surface area (Å²) in [5.41, 5.74) is 0.961. The van der Waals surface area contributed by atoms with E-state index in [2.05, 4.69) is 34.2 Å². The van der Waals surface area contributed by atoms with Crippen molar-refractivity contribution in [2.75, 3.05) is 5.32 Å². The molecule has 0 fully saturated rings. The predicted molar refractivity (Wildman–Crippen MR) is 117 cm³/mol. The number of carbonyl (C=O) groups excluding carboxylic acids is 1. The van der Waals surface area contributed by atoms with Gasteiger partial charge in [-0.1, -0.05) is 61.4 Å². The van der Waals surface area contributed by atoms with Crippen molar-refractivity contribution >= 4 is 38.7 Å². The van der Waals surface area contributed by atoms with Crippen LogP contribution in [0.1, 0.15) is 66.4 Å². The van der Waals surface area contributed by atoms with Crippen LogP contribution in [0.3, 0.4) is 0 Å². The van der Waals surface area contributed by atoms with E-state index in [1.165, 1.54) is 49.8 Å². The molecule has 2 nitrogen and oxygen atoms in total. The molecular weight excluding hydrogens is 406 g/mol. The second kappa shape index (κ2) is 12.1. The summed E-state index contributed by atoms with van der Waals surface area (Å²) in [7, 11) is 0. The van der Waals surface area contributed by atoms with Crippen LogP contribution in [0.5, 0.6) is 0 Å². The minimum absolute atomic E-state index is 0.0606. The van der Waals surface area contributed by atoms with Crippen molar-refractivity contribution in [2.24, 2.45) is 0 Å². The molecule has 140 valence electrons. The van der Waals surface area contributed by atoms with E-state index in [9.17, 15) is 4.79 Å². The molecule has 0 radical (unpaired) electrons. The Morgan fingerprint density at radius 2 is 1.69 bits per heavy atom. The van der Waals surface area contributed by atoms with Crippen molar-refractivity contribution in [3.05, 3.63) is 62.9 Å². The maximum Gasteiger partial charge on any atom is 0.197 e. The smallest absolute Gasteiger partial charge is 0.197 e. The maximum absolute atomic E-state index is 12.3. The Morgan fingerprint density at radius 3 is 2.42 bits per heavy atom. The van der Waals surface area contributed by atoms with Gasteiger partial charge in [-0.15, -0.1) is 11.3 Å². The van der Waals surface area contributed by atoms with Crippen molar-refractivity contribution in [1.29, 1.82) is 0 Å². The van der Waals surface area contributed by atoms with Crippen LogP contribution in [0.2, 0.25) is 0 Å². The molecule has 1 N–H and O–H groups in total. The molecular formula is C22H28BrNOS. The van der Waals surface area contributed by atoms with Crippen LogP contribution in [0.4, 0.5) is 5.69 Å². The van der Waals surface area contributed by atoms with Gasteiger partial charge < -0.3 is 5.32 Å². The first-order chi connectivity index (χ1) is 12.7. The maximum atomic E-state index is 12.3. The first kappa shape index (κ1) is 20.9. The van der Waals surface area contributed by atoms with Gasteiger partial charge in [0.2, 0.25) is 0 Å². The number of hydrogen-bond donors (Lipinski definition) is 1. The Kier molecular flexibility index (Phi) is 9.72. The van der Waals surface area contributed by atoms with E-state index in [0.717, 1.165) is 21.5 Å². The molecule has 4 heteroatoms. The molecule has 0 saturated carbocycles. The van der Waals surface area contributed by atoms with Crippen LogP contribution >= 0.6 is 27.3 Å². The molecule has 1 aromatic carbocycles. The van der Waals surface area contributed by atoms with Gasteiger partial charge in [0.15, 0.2) is 5.78 Å². The molecule has 0 aliphatic rings. The summed E-state index contributed by atoms with van der Waals surface area (Å²) >= 11 is 5.03. The van der Waals surface area contributed by atoms with Crippen LogP contribution in [-0.2, 0) is 6.42 Å². The lowest BCUT2D eigenvalue weighted by molar-refractivity contribution is 0.105. The zero-order chi connectivity index (χ0) is 18.6. The number of anilines is 1. The highest BCUT2D eigenvalue weighted by atomic mass is 79.9. The molecule has 0 spiro atoms. The molecule has 1 aromatic heterocycles. The Balaban J connectivity index is 1.69. The minimum Gasteiger partial charge on any atom is -0.362 e. The topological polar surface area (TPSA) is 29.1 Å². The van der Waals surface area contributed by atoms with Gasteiger partial charge in [0.25, 0.3) is 0 Å². The molecule has 26 heavy (non-hydrogen) atoms. The summed E-state index contributed by atoms with van der Waals surface area (Å²) in [6.07, 6.45) is 13.6. The van der Waals surface area contributed by atoms with Gasteiger partial charge >= 0.3 is 0 Å². The van der Waals surface area contributed by atoms with Gasteiger partial charge in [0.05, 0.1) is 4.88 Å². The van der Waals surface area contributed by atoms with Crippen LogP contribution in [0, 0.1) is 0 Å². The van der Waals surface area contributed by atoms with Crippen molar-refractivity contribution in [3.63, 3.8) is 0 Å². The number of rotatable bonds is 12. The fourth-order valence-electron chi connectivity index (χ4n) is 2.74. The third kappa shape index (κ3) is 7.88. The number of ketones is 1. The fraction of sp³-hybridized carbons (Fsp3) is 0.409. The summed E-state index contributed by atoms with van der Waals surface area (Å²) in [4.78, 5) is 14.4. The number of nitrogens with one attached hydrogen (secondary N) is 1. The van der Waals surface area contributed by atoms with E-state index in [1.54, 1.807) is 23.6 Å². The fourth-order valence-corrected chi connectivity index (χ4v) is 3.98. The molecule has 0 saturated heterocycles. The normalized spacial score (nSPS) is 11.2. The molecule has 0 amide bonds.